The summed E-state index contributed by atoms with van der Waals surface area (Å²) >= 11 is 0. The van der Waals surface area contributed by atoms with Gasteiger partial charge in [-0.05, 0) is 48.7 Å². The topological polar surface area (TPSA) is 51.2 Å². The van der Waals surface area contributed by atoms with E-state index >= 15 is 0 Å². The summed E-state index contributed by atoms with van der Waals surface area (Å²) in [4.78, 5) is 16.3. The third kappa shape index (κ3) is 5.14. The van der Waals surface area contributed by atoms with E-state index in [1.807, 2.05) is 37.3 Å². The van der Waals surface area contributed by atoms with Crippen molar-refractivity contribution in [2.45, 2.75) is 13.3 Å². The molecule has 0 aliphatic heterocycles. The predicted molar refractivity (Wildman–Crippen MR) is 105 cm³/mol. The zero-order valence-electron chi connectivity index (χ0n) is 15.1. The van der Waals surface area contributed by atoms with E-state index < -0.39 is 0 Å². The van der Waals surface area contributed by atoms with Crippen molar-refractivity contribution >= 4 is 22.4 Å². The standard InChI is InChI=1S/C22H21FN2O2/c1-16(17-8-10-19(23)11-9-17)15-21(26)24-13-4-14-27-20-7-2-5-18-6-3-12-25-22(18)20/h2-3,5-12,15H,4,13-14H2,1H3,(H,24,26)/b16-15+. The van der Waals surface area contributed by atoms with Crippen molar-refractivity contribution in [3.8, 4) is 5.75 Å². The number of rotatable bonds is 7. The lowest BCUT2D eigenvalue weighted by molar-refractivity contribution is -0.116. The van der Waals surface area contributed by atoms with Gasteiger partial charge in [-0.25, -0.2) is 4.39 Å². The summed E-state index contributed by atoms with van der Waals surface area (Å²) in [5.74, 6) is 0.271. The number of halogens is 1. The largest absolute Gasteiger partial charge is 0.491 e. The second-order valence-corrected chi connectivity index (χ2v) is 6.16. The van der Waals surface area contributed by atoms with Crippen LogP contribution < -0.4 is 10.1 Å². The van der Waals surface area contributed by atoms with Crippen molar-refractivity contribution in [2.75, 3.05) is 13.2 Å². The molecule has 0 saturated carbocycles. The van der Waals surface area contributed by atoms with Crippen molar-refractivity contribution < 1.29 is 13.9 Å². The summed E-state index contributed by atoms with van der Waals surface area (Å²) in [5.41, 5.74) is 2.44. The SMILES string of the molecule is C/C(=C\C(=O)NCCCOc1cccc2cccnc12)c1ccc(F)cc1. The molecule has 138 valence electrons. The van der Waals surface area contributed by atoms with Crippen LogP contribution in [0.15, 0.2) is 66.9 Å². The Morgan fingerprint density at radius 1 is 1.15 bits per heavy atom. The Labute approximate surface area is 157 Å². The fraction of sp³-hybridized carbons (Fsp3) is 0.182. The fourth-order valence-electron chi connectivity index (χ4n) is 2.70. The van der Waals surface area contributed by atoms with Gasteiger partial charge in [-0.15, -0.1) is 0 Å². The molecule has 5 heteroatoms. The van der Waals surface area contributed by atoms with Crippen molar-refractivity contribution in [2.24, 2.45) is 0 Å². The average molecular weight is 364 g/mol. The van der Waals surface area contributed by atoms with Gasteiger partial charge in [0.1, 0.15) is 17.1 Å². The lowest BCUT2D eigenvalue weighted by Gasteiger charge is -2.09. The molecule has 1 N–H and O–H groups in total. The smallest absolute Gasteiger partial charge is 0.244 e. The van der Waals surface area contributed by atoms with E-state index in [1.54, 1.807) is 18.3 Å². The molecule has 0 atom stereocenters. The number of hydrogen-bond acceptors (Lipinski definition) is 3. The number of hydrogen-bond donors (Lipinski definition) is 1. The Balaban J connectivity index is 1.45. The number of nitrogens with zero attached hydrogens (tertiary/aromatic N) is 1. The van der Waals surface area contributed by atoms with E-state index in [2.05, 4.69) is 10.3 Å². The molecule has 0 spiro atoms. The number of aromatic nitrogens is 1. The molecule has 2 aromatic carbocycles. The highest BCUT2D eigenvalue weighted by Crippen LogP contribution is 2.22. The first-order valence-electron chi connectivity index (χ1n) is 8.82. The summed E-state index contributed by atoms with van der Waals surface area (Å²) < 4.78 is 18.7. The van der Waals surface area contributed by atoms with E-state index in [-0.39, 0.29) is 11.7 Å². The highest BCUT2D eigenvalue weighted by atomic mass is 19.1. The number of carbonyl (C=O) groups excluding carboxylic acids is 1. The summed E-state index contributed by atoms with van der Waals surface area (Å²) in [6, 6.07) is 15.8. The predicted octanol–water partition coefficient (Wildman–Crippen LogP) is 4.36. The first-order valence-corrected chi connectivity index (χ1v) is 8.82. The van der Waals surface area contributed by atoms with Crippen LogP contribution in [0.1, 0.15) is 18.9 Å². The van der Waals surface area contributed by atoms with Crippen LogP contribution in [0.4, 0.5) is 4.39 Å². The van der Waals surface area contributed by atoms with Gasteiger partial charge in [0.05, 0.1) is 6.61 Å². The Hall–Kier alpha value is -3.21. The number of amides is 1. The lowest BCUT2D eigenvalue weighted by atomic mass is 10.1. The maximum Gasteiger partial charge on any atom is 0.244 e. The Morgan fingerprint density at radius 2 is 1.93 bits per heavy atom. The minimum absolute atomic E-state index is 0.177. The van der Waals surface area contributed by atoms with Gasteiger partial charge in [0.15, 0.2) is 0 Å². The molecular formula is C22H21FN2O2. The molecule has 27 heavy (non-hydrogen) atoms. The fourth-order valence-corrected chi connectivity index (χ4v) is 2.70. The van der Waals surface area contributed by atoms with Crippen LogP contribution >= 0.6 is 0 Å². The van der Waals surface area contributed by atoms with Crippen LogP contribution in [0.5, 0.6) is 5.75 Å². The number of benzene rings is 2. The van der Waals surface area contributed by atoms with Crippen molar-refractivity contribution in [3.05, 3.63) is 78.3 Å². The van der Waals surface area contributed by atoms with Gasteiger partial charge in [-0.2, -0.15) is 0 Å². The Kier molecular flexibility index (Phi) is 6.15. The molecule has 1 aromatic heterocycles. The third-order valence-corrected chi connectivity index (χ3v) is 4.12. The van der Waals surface area contributed by atoms with Crippen LogP contribution in [-0.2, 0) is 4.79 Å². The zero-order valence-corrected chi connectivity index (χ0v) is 15.1. The average Bonchev–Trinajstić information content (AvgIpc) is 2.68. The molecule has 0 radical (unpaired) electrons. The number of para-hydroxylation sites is 1. The van der Waals surface area contributed by atoms with Gasteiger partial charge < -0.3 is 10.1 Å². The third-order valence-electron chi connectivity index (χ3n) is 4.12. The molecule has 1 heterocycles. The number of allylic oxidation sites excluding steroid dienone is 1. The van der Waals surface area contributed by atoms with E-state index in [9.17, 15) is 9.18 Å². The van der Waals surface area contributed by atoms with Crippen molar-refractivity contribution in [1.29, 1.82) is 0 Å². The van der Waals surface area contributed by atoms with Gasteiger partial charge >= 0.3 is 0 Å². The molecule has 0 aliphatic rings. The number of carbonyl (C=O) groups is 1. The first kappa shape index (κ1) is 18.6. The number of pyridine rings is 1. The van der Waals surface area contributed by atoms with E-state index in [0.717, 1.165) is 27.8 Å². The van der Waals surface area contributed by atoms with Crippen LogP contribution in [0.3, 0.4) is 0 Å². The molecule has 4 nitrogen and oxygen atoms in total. The van der Waals surface area contributed by atoms with Crippen LogP contribution in [0.25, 0.3) is 16.5 Å². The summed E-state index contributed by atoms with van der Waals surface area (Å²) in [5, 5.41) is 3.87. The van der Waals surface area contributed by atoms with Gasteiger partial charge in [0.2, 0.25) is 5.91 Å². The Bertz CT molecular complexity index is 947. The second kappa shape index (κ2) is 8.94. The minimum Gasteiger partial charge on any atom is -0.491 e. The number of nitrogens with one attached hydrogen (secondary N) is 1. The molecule has 0 aliphatic carbocycles. The summed E-state index contributed by atoms with van der Waals surface area (Å²) in [6.07, 6.45) is 3.94. The normalized spacial score (nSPS) is 11.4. The molecule has 0 fully saturated rings. The molecule has 3 rings (SSSR count). The quantitative estimate of drug-likeness (QED) is 0.500. The maximum atomic E-state index is 12.9. The second-order valence-electron chi connectivity index (χ2n) is 6.16. The van der Waals surface area contributed by atoms with Gasteiger partial charge in [0.25, 0.3) is 0 Å². The number of ether oxygens (including phenoxy) is 1. The molecular weight excluding hydrogens is 343 g/mol. The minimum atomic E-state index is -0.294. The molecule has 3 aromatic rings. The highest BCUT2D eigenvalue weighted by molar-refractivity contribution is 5.94. The zero-order chi connectivity index (χ0) is 19.1. The monoisotopic (exact) mass is 364 g/mol. The highest BCUT2D eigenvalue weighted by Gasteiger charge is 2.03. The van der Waals surface area contributed by atoms with Gasteiger partial charge in [0, 0.05) is 24.2 Å². The Morgan fingerprint density at radius 3 is 2.74 bits per heavy atom. The van der Waals surface area contributed by atoms with Gasteiger partial charge in [-0.3, -0.25) is 9.78 Å². The van der Waals surface area contributed by atoms with Crippen molar-refractivity contribution in [1.82, 2.24) is 10.3 Å². The molecule has 0 saturated heterocycles. The van der Waals surface area contributed by atoms with E-state index in [1.165, 1.54) is 18.2 Å². The van der Waals surface area contributed by atoms with Crippen molar-refractivity contribution in [3.63, 3.8) is 0 Å². The molecule has 0 unspecified atom stereocenters. The first-order chi connectivity index (χ1) is 13.1. The lowest BCUT2D eigenvalue weighted by Crippen LogP contribution is -2.23. The van der Waals surface area contributed by atoms with Crippen LogP contribution in [0, 0.1) is 5.82 Å². The number of fused-ring (bicyclic) bond motifs is 1. The van der Waals surface area contributed by atoms with Gasteiger partial charge in [-0.1, -0.05) is 30.3 Å². The van der Waals surface area contributed by atoms with Crippen LogP contribution in [0.2, 0.25) is 0 Å². The summed E-state index contributed by atoms with van der Waals surface area (Å²) in [6.45, 7) is 2.81. The van der Waals surface area contributed by atoms with Crippen LogP contribution in [-0.4, -0.2) is 24.0 Å². The molecule has 1 amide bonds. The van der Waals surface area contributed by atoms with E-state index in [0.29, 0.717) is 19.6 Å². The molecule has 0 bridgehead atoms. The summed E-state index contributed by atoms with van der Waals surface area (Å²) in [7, 11) is 0. The van der Waals surface area contributed by atoms with E-state index in [4.69, 9.17) is 4.74 Å². The maximum absolute atomic E-state index is 12.9.